The molecule has 124 valence electrons. The number of aryl methyl sites for hydroxylation is 1. The van der Waals surface area contributed by atoms with E-state index in [0.717, 1.165) is 30.8 Å². The molecule has 0 N–H and O–H groups in total. The first-order chi connectivity index (χ1) is 11.7. The Labute approximate surface area is 144 Å². The average Bonchev–Trinajstić information content (AvgIpc) is 2.93. The summed E-state index contributed by atoms with van der Waals surface area (Å²) < 4.78 is 2.09. The van der Waals surface area contributed by atoms with Gasteiger partial charge in [-0.05, 0) is 52.5 Å². The number of rotatable bonds is 6. The largest absolute Gasteiger partial charge is 0.309 e. The van der Waals surface area contributed by atoms with E-state index >= 15 is 0 Å². The maximum Gasteiger partial charge on any atom is 0.0775 e. The minimum absolute atomic E-state index is 1.04. The lowest BCUT2D eigenvalue weighted by atomic mass is 10.0. The number of hydrogen-bond donors (Lipinski definition) is 0. The van der Waals surface area contributed by atoms with Crippen molar-refractivity contribution in [2.24, 2.45) is 0 Å². The molecule has 0 aliphatic heterocycles. The van der Waals surface area contributed by atoms with E-state index in [-0.39, 0.29) is 0 Å². The lowest BCUT2D eigenvalue weighted by Gasteiger charge is -2.12. The second-order valence-corrected chi connectivity index (χ2v) is 6.43. The minimum Gasteiger partial charge on any atom is -0.309 e. The number of benzene rings is 2. The van der Waals surface area contributed by atoms with E-state index in [4.69, 9.17) is 5.10 Å². The summed E-state index contributed by atoms with van der Waals surface area (Å²) in [5.41, 5.74) is 6.03. The second-order valence-electron chi connectivity index (χ2n) is 6.43. The van der Waals surface area contributed by atoms with Gasteiger partial charge in [-0.15, -0.1) is 0 Å². The predicted molar refractivity (Wildman–Crippen MR) is 101 cm³/mol. The fourth-order valence-corrected chi connectivity index (χ4v) is 3.08. The highest BCUT2D eigenvalue weighted by Crippen LogP contribution is 2.29. The van der Waals surface area contributed by atoms with E-state index in [1.165, 1.54) is 16.8 Å². The van der Waals surface area contributed by atoms with Gasteiger partial charge in [0, 0.05) is 11.1 Å². The molecule has 0 unspecified atom stereocenters. The molecule has 3 rings (SSSR count). The monoisotopic (exact) mass is 319 g/mol. The summed E-state index contributed by atoms with van der Waals surface area (Å²) in [4.78, 5) is 2.24. The molecule has 0 bridgehead atoms. The summed E-state index contributed by atoms with van der Waals surface area (Å²) in [6.45, 7) is 3.21. The molecule has 3 heteroatoms. The Morgan fingerprint density at radius 1 is 0.917 bits per heavy atom. The van der Waals surface area contributed by atoms with Crippen molar-refractivity contribution in [2.75, 3.05) is 20.6 Å². The molecule has 3 nitrogen and oxygen atoms in total. The summed E-state index contributed by atoms with van der Waals surface area (Å²) in [6, 6.07) is 21.0. The van der Waals surface area contributed by atoms with Crippen LogP contribution in [0.2, 0.25) is 0 Å². The highest BCUT2D eigenvalue weighted by molar-refractivity contribution is 5.67. The van der Waals surface area contributed by atoms with Gasteiger partial charge >= 0.3 is 0 Å². The van der Waals surface area contributed by atoms with Crippen LogP contribution in [0.1, 0.15) is 17.7 Å². The molecular formula is C21H25N3. The van der Waals surface area contributed by atoms with E-state index in [0.29, 0.717) is 0 Å². The summed E-state index contributed by atoms with van der Waals surface area (Å²) in [5.74, 6) is 0. The first kappa shape index (κ1) is 16.5. The van der Waals surface area contributed by atoms with Crippen molar-refractivity contribution in [2.45, 2.75) is 19.8 Å². The fourth-order valence-electron chi connectivity index (χ4n) is 3.08. The lowest BCUT2D eigenvalue weighted by Crippen LogP contribution is -2.13. The quantitative estimate of drug-likeness (QED) is 0.674. The molecule has 0 saturated heterocycles. The average molecular weight is 319 g/mol. The van der Waals surface area contributed by atoms with Crippen LogP contribution in [0.3, 0.4) is 0 Å². The Morgan fingerprint density at radius 3 is 2.17 bits per heavy atom. The maximum absolute atomic E-state index is 4.86. The SMILES string of the molecule is Cc1nn(-c2ccccc2)c(-c2ccccc2)c1CCCN(C)C. The zero-order chi connectivity index (χ0) is 16.9. The summed E-state index contributed by atoms with van der Waals surface area (Å²) in [7, 11) is 4.25. The first-order valence-corrected chi connectivity index (χ1v) is 8.51. The molecular weight excluding hydrogens is 294 g/mol. The van der Waals surface area contributed by atoms with E-state index in [9.17, 15) is 0 Å². The Bertz CT molecular complexity index is 774. The van der Waals surface area contributed by atoms with Gasteiger partial charge in [-0.2, -0.15) is 5.10 Å². The topological polar surface area (TPSA) is 21.1 Å². The summed E-state index contributed by atoms with van der Waals surface area (Å²) >= 11 is 0. The van der Waals surface area contributed by atoms with Crippen molar-refractivity contribution < 1.29 is 0 Å². The van der Waals surface area contributed by atoms with Gasteiger partial charge in [-0.1, -0.05) is 48.5 Å². The highest BCUT2D eigenvalue weighted by atomic mass is 15.3. The molecule has 1 aromatic heterocycles. The minimum atomic E-state index is 1.04. The molecule has 0 atom stereocenters. The molecule has 3 aromatic rings. The Morgan fingerprint density at radius 2 is 1.54 bits per heavy atom. The molecule has 0 aliphatic carbocycles. The molecule has 24 heavy (non-hydrogen) atoms. The molecule has 0 radical (unpaired) electrons. The normalized spacial score (nSPS) is 11.2. The predicted octanol–water partition coefficient (Wildman–Crippen LogP) is 4.34. The fraction of sp³-hybridized carbons (Fsp3) is 0.286. The van der Waals surface area contributed by atoms with E-state index in [2.05, 4.69) is 85.2 Å². The number of para-hydroxylation sites is 1. The van der Waals surface area contributed by atoms with Gasteiger partial charge in [0.1, 0.15) is 0 Å². The number of hydrogen-bond acceptors (Lipinski definition) is 2. The Kier molecular flexibility index (Phi) is 5.11. The smallest absolute Gasteiger partial charge is 0.0775 e. The van der Waals surface area contributed by atoms with Crippen LogP contribution in [0.25, 0.3) is 16.9 Å². The van der Waals surface area contributed by atoms with Gasteiger partial charge in [0.25, 0.3) is 0 Å². The van der Waals surface area contributed by atoms with Crippen LogP contribution < -0.4 is 0 Å². The van der Waals surface area contributed by atoms with Crippen LogP contribution in [-0.2, 0) is 6.42 Å². The van der Waals surface area contributed by atoms with Gasteiger partial charge in [-0.25, -0.2) is 4.68 Å². The third kappa shape index (κ3) is 3.57. The van der Waals surface area contributed by atoms with Crippen molar-refractivity contribution in [3.63, 3.8) is 0 Å². The summed E-state index contributed by atoms with van der Waals surface area (Å²) in [5, 5.41) is 4.86. The van der Waals surface area contributed by atoms with Gasteiger partial charge in [-0.3, -0.25) is 0 Å². The molecule has 0 amide bonds. The zero-order valence-electron chi connectivity index (χ0n) is 14.7. The highest BCUT2D eigenvalue weighted by Gasteiger charge is 2.17. The van der Waals surface area contributed by atoms with Crippen LogP contribution in [0.15, 0.2) is 60.7 Å². The van der Waals surface area contributed by atoms with Gasteiger partial charge in [0.05, 0.1) is 17.1 Å². The molecule has 2 aromatic carbocycles. The third-order valence-corrected chi connectivity index (χ3v) is 4.26. The molecule has 1 heterocycles. The molecule has 0 aliphatic rings. The van der Waals surface area contributed by atoms with E-state index < -0.39 is 0 Å². The van der Waals surface area contributed by atoms with E-state index in [1.807, 2.05) is 6.07 Å². The standard InChI is InChI=1S/C21H25N3/c1-17-20(15-10-16-23(2)3)21(18-11-6-4-7-12-18)24(22-17)19-13-8-5-9-14-19/h4-9,11-14H,10,15-16H2,1-3H3. The van der Waals surface area contributed by atoms with Gasteiger partial charge in [0.2, 0.25) is 0 Å². The second kappa shape index (κ2) is 7.45. The van der Waals surface area contributed by atoms with Crippen molar-refractivity contribution in [1.82, 2.24) is 14.7 Å². The Balaban J connectivity index is 2.07. The van der Waals surface area contributed by atoms with Crippen LogP contribution in [0, 0.1) is 6.92 Å². The van der Waals surface area contributed by atoms with Crippen LogP contribution >= 0.6 is 0 Å². The van der Waals surface area contributed by atoms with Crippen LogP contribution in [0.5, 0.6) is 0 Å². The number of aromatic nitrogens is 2. The van der Waals surface area contributed by atoms with Crippen molar-refractivity contribution in [1.29, 1.82) is 0 Å². The van der Waals surface area contributed by atoms with Crippen LogP contribution in [-0.4, -0.2) is 35.3 Å². The maximum atomic E-state index is 4.86. The molecule has 0 fully saturated rings. The van der Waals surface area contributed by atoms with Gasteiger partial charge in [0.15, 0.2) is 0 Å². The Hall–Kier alpha value is -2.39. The van der Waals surface area contributed by atoms with Gasteiger partial charge < -0.3 is 4.90 Å². The number of nitrogens with zero attached hydrogens (tertiary/aromatic N) is 3. The third-order valence-electron chi connectivity index (χ3n) is 4.26. The van der Waals surface area contributed by atoms with Crippen molar-refractivity contribution in [3.05, 3.63) is 71.9 Å². The van der Waals surface area contributed by atoms with Crippen molar-refractivity contribution in [3.8, 4) is 16.9 Å². The lowest BCUT2D eigenvalue weighted by molar-refractivity contribution is 0.400. The molecule has 0 saturated carbocycles. The van der Waals surface area contributed by atoms with Crippen molar-refractivity contribution >= 4 is 0 Å². The van der Waals surface area contributed by atoms with Crippen LogP contribution in [0.4, 0.5) is 0 Å². The molecule has 0 spiro atoms. The first-order valence-electron chi connectivity index (χ1n) is 8.51. The summed E-state index contributed by atoms with van der Waals surface area (Å²) in [6.07, 6.45) is 2.18. The van der Waals surface area contributed by atoms with E-state index in [1.54, 1.807) is 0 Å². The zero-order valence-corrected chi connectivity index (χ0v) is 14.7.